The van der Waals surface area contributed by atoms with E-state index in [0.29, 0.717) is 0 Å². The van der Waals surface area contributed by atoms with Crippen molar-refractivity contribution in [2.75, 3.05) is 0 Å². The molecule has 2 aromatic rings. The third-order valence-corrected chi connectivity index (χ3v) is 2.76. The van der Waals surface area contributed by atoms with E-state index in [0.717, 1.165) is 6.07 Å². The fraction of sp³-hybridized carbons (Fsp3) is 0. The zero-order valence-electron chi connectivity index (χ0n) is 9.93. The summed E-state index contributed by atoms with van der Waals surface area (Å²) in [4.78, 5) is 10.8. The van der Waals surface area contributed by atoms with E-state index >= 15 is 0 Å². The molecule has 0 aliphatic rings. The lowest BCUT2D eigenvalue weighted by atomic mass is 10.2. The van der Waals surface area contributed by atoms with Crippen molar-refractivity contribution in [3.63, 3.8) is 0 Å². The van der Waals surface area contributed by atoms with Crippen LogP contribution in [0.5, 0.6) is 11.5 Å². The monoisotopic (exact) mass is 291 g/mol. The lowest BCUT2D eigenvalue weighted by molar-refractivity contribution is 0.0697. The second kappa shape index (κ2) is 5.59. The van der Waals surface area contributed by atoms with Crippen LogP contribution >= 0.6 is 11.6 Å². The highest BCUT2D eigenvalue weighted by molar-refractivity contribution is 6.32. The molecule has 0 amide bonds. The topological polar surface area (TPSA) is 70.3 Å². The number of hydrogen-bond donors (Lipinski definition) is 1. The fourth-order valence-corrected chi connectivity index (χ4v) is 1.71. The largest absolute Gasteiger partial charge is 0.478 e. The molecule has 4 nitrogen and oxygen atoms in total. The SMILES string of the molecule is N#Cc1ccc(Oc2ccc(C(=O)O)cc2Cl)c(F)c1. The van der Waals surface area contributed by atoms with Gasteiger partial charge in [-0.1, -0.05) is 11.6 Å². The molecular weight excluding hydrogens is 285 g/mol. The molecule has 0 bridgehead atoms. The average molecular weight is 292 g/mol. The molecule has 2 aromatic carbocycles. The van der Waals surface area contributed by atoms with Crippen LogP contribution in [-0.4, -0.2) is 11.1 Å². The minimum absolute atomic E-state index is 0.00245. The molecule has 2 rings (SSSR count). The van der Waals surface area contributed by atoms with Crippen LogP contribution in [0.15, 0.2) is 36.4 Å². The molecule has 1 N–H and O–H groups in total. The maximum atomic E-state index is 13.6. The first-order chi connectivity index (χ1) is 9.51. The van der Waals surface area contributed by atoms with Gasteiger partial charge in [0.15, 0.2) is 11.6 Å². The first kappa shape index (κ1) is 13.8. The summed E-state index contributed by atoms with van der Waals surface area (Å²) in [6, 6.07) is 9.38. The first-order valence-electron chi connectivity index (χ1n) is 5.41. The maximum Gasteiger partial charge on any atom is 0.335 e. The fourth-order valence-electron chi connectivity index (χ4n) is 1.49. The minimum atomic E-state index is -1.12. The number of carboxylic acids is 1. The quantitative estimate of drug-likeness (QED) is 0.932. The molecule has 0 radical (unpaired) electrons. The molecule has 0 aliphatic heterocycles. The van der Waals surface area contributed by atoms with Crippen molar-refractivity contribution in [1.29, 1.82) is 5.26 Å². The number of carbonyl (C=O) groups is 1. The Labute approximate surface area is 118 Å². The van der Waals surface area contributed by atoms with Gasteiger partial charge in [0.05, 0.1) is 22.2 Å². The smallest absolute Gasteiger partial charge is 0.335 e. The number of hydrogen-bond acceptors (Lipinski definition) is 3. The van der Waals surface area contributed by atoms with E-state index in [1.54, 1.807) is 6.07 Å². The molecule has 0 heterocycles. The van der Waals surface area contributed by atoms with Gasteiger partial charge in [0, 0.05) is 0 Å². The van der Waals surface area contributed by atoms with Gasteiger partial charge in [-0.15, -0.1) is 0 Å². The molecule has 0 atom stereocenters. The second-order valence-corrected chi connectivity index (χ2v) is 4.22. The van der Waals surface area contributed by atoms with Gasteiger partial charge in [-0.05, 0) is 36.4 Å². The summed E-state index contributed by atoms with van der Waals surface area (Å²) in [7, 11) is 0. The number of nitrogens with zero attached hydrogens (tertiary/aromatic N) is 1. The first-order valence-corrected chi connectivity index (χ1v) is 5.79. The van der Waals surface area contributed by atoms with Crippen LogP contribution < -0.4 is 4.74 Å². The van der Waals surface area contributed by atoms with E-state index in [2.05, 4.69) is 0 Å². The van der Waals surface area contributed by atoms with Gasteiger partial charge in [-0.2, -0.15) is 5.26 Å². The summed E-state index contributed by atoms with van der Waals surface area (Å²) < 4.78 is 18.9. The molecule has 0 spiro atoms. The normalized spacial score (nSPS) is 9.85. The molecule has 0 saturated heterocycles. The molecule has 100 valence electrons. The second-order valence-electron chi connectivity index (χ2n) is 3.81. The van der Waals surface area contributed by atoms with Crippen molar-refractivity contribution in [3.05, 3.63) is 58.4 Å². The van der Waals surface area contributed by atoms with Crippen LogP contribution in [0.4, 0.5) is 4.39 Å². The average Bonchev–Trinajstić information content (AvgIpc) is 2.42. The third-order valence-electron chi connectivity index (χ3n) is 2.46. The van der Waals surface area contributed by atoms with Gasteiger partial charge >= 0.3 is 5.97 Å². The minimum Gasteiger partial charge on any atom is -0.478 e. The Hall–Kier alpha value is -2.58. The van der Waals surface area contributed by atoms with E-state index in [-0.39, 0.29) is 27.6 Å². The van der Waals surface area contributed by atoms with Gasteiger partial charge in [0.1, 0.15) is 5.75 Å². The van der Waals surface area contributed by atoms with E-state index in [9.17, 15) is 9.18 Å². The third kappa shape index (κ3) is 2.87. The maximum absolute atomic E-state index is 13.6. The zero-order chi connectivity index (χ0) is 14.7. The Bertz CT molecular complexity index is 725. The number of nitriles is 1. The number of rotatable bonds is 3. The summed E-state index contributed by atoms with van der Waals surface area (Å²) in [6.45, 7) is 0. The van der Waals surface area contributed by atoms with E-state index in [1.807, 2.05) is 0 Å². The van der Waals surface area contributed by atoms with Crippen LogP contribution in [0, 0.1) is 17.1 Å². The zero-order valence-corrected chi connectivity index (χ0v) is 10.7. The summed E-state index contributed by atoms with van der Waals surface area (Å²) in [6.07, 6.45) is 0. The molecule has 0 unspecified atom stereocenters. The Morgan fingerprint density at radius 1 is 1.25 bits per heavy atom. The Morgan fingerprint density at radius 3 is 2.50 bits per heavy atom. The van der Waals surface area contributed by atoms with Crippen LogP contribution in [0.25, 0.3) is 0 Å². The lowest BCUT2D eigenvalue weighted by Gasteiger charge is -2.09. The summed E-state index contributed by atoms with van der Waals surface area (Å²) in [5, 5.41) is 17.5. The molecular formula is C14H7ClFNO3. The van der Waals surface area contributed by atoms with Crippen LogP contribution in [0.1, 0.15) is 15.9 Å². The molecule has 20 heavy (non-hydrogen) atoms. The molecule has 0 aromatic heterocycles. The van der Waals surface area contributed by atoms with Crippen LogP contribution in [-0.2, 0) is 0 Å². The van der Waals surface area contributed by atoms with Crippen molar-refractivity contribution < 1.29 is 19.0 Å². The molecule has 0 saturated carbocycles. The van der Waals surface area contributed by atoms with E-state index < -0.39 is 11.8 Å². The number of ether oxygens (including phenoxy) is 1. The Morgan fingerprint density at radius 2 is 1.95 bits per heavy atom. The highest BCUT2D eigenvalue weighted by Crippen LogP contribution is 2.31. The highest BCUT2D eigenvalue weighted by Gasteiger charge is 2.11. The molecule has 0 fully saturated rings. The van der Waals surface area contributed by atoms with Crippen LogP contribution in [0.3, 0.4) is 0 Å². The predicted octanol–water partition coefficient (Wildman–Crippen LogP) is 3.84. The number of halogens is 2. The number of carboxylic acid groups (broad SMARTS) is 1. The standard InChI is InChI=1S/C14H7ClFNO3/c15-10-6-9(14(18)19)2-4-12(10)20-13-3-1-8(7-17)5-11(13)16/h1-6H,(H,18,19). The molecule has 0 aliphatic carbocycles. The van der Waals surface area contributed by atoms with Gasteiger partial charge < -0.3 is 9.84 Å². The number of aromatic carboxylic acids is 1. The van der Waals surface area contributed by atoms with Crippen molar-refractivity contribution in [1.82, 2.24) is 0 Å². The number of benzene rings is 2. The van der Waals surface area contributed by atoms with Gasteiger partial charge in [-0.3, -0.25) is 0 Å². The Balaban J connectivity index is 2.31. The Kier molecular flexibility index (Phi) is 3.87. The summed E-state index contributed by atoms with van der Waals surface area (Å²) >= 11 is 5.87. The molecule has 6 heteroatoms. The van der Waals surface area contributed by atoms with Crippen molar-refractivity contribution in [3.8, 4) is 17.6 Å². The van der Waals surface area contributed by atoms with Crippen molar-refractivity contribution in [2.45, 2.75) is 0 Å². The predicted molar refractivity (Wildman–Crippen MR) is 69.6 cm³/mol. The summed E-state index contributed by atoms with van der Waals surface area (Å²) in [5.74, 6) is -1.81. The van der Waals surface area contributed by atoms with E-state index in [1.165, 1.54) is 30.3 Å². The van der Waals surface area contributed by atoms with Crippen molar-refractivity contribution in [2.24, 2.45) is 0 Å². The van der Waals surface area contributed by atoms with Gasteiger partial charge in [-0.25, -0.2) is 9.18 Å². The summed E-state index contributed by atoms with van der Waals surface area (Å²) in [5.41, 5.74) is 0.171. The van der Waals surface area contributed by atoms with Gasteiger partial charge in [0.25, 0.3) is 0 Å². The van der Waals surface area contributed by atoms with Crippen LogP contribution in [0.2, 0.25) is 5.02 Å². The van der Waals surface area contributed by atoms with E-state index in [4.69, 9.17) is 26.7 Å². The highest BCUT2D eigenvalue weighted by atomic mass is 35.5. The lowest BCUT2D eigenvalue weighted by Crippen LogP contribution is -1.96. The van der Waals surface area contributed by atoms with Crippen molar-refractivity contribution >= 4 is 17.6 Å². The van der Waals surface area contributed by atoms with Gasteiger partial charge in [0.2, 0.25) is 0 Å².